The van der Waals surface area contributed by atoms with Crippen molar-refractivity contribution in [3.63, 3.8) is 0 Å². The van der Waals surface area contributed by atoms with Crippen molar-refractivity contribution in [1.82, 2.24) is 25.4 Å². The number of aromatic nitrogens is 3. The van der Waals surface area contributed by atoms with Gasteiger partial charge in [0.15, 0.2) is 11.8 Å². The summed E-state index contributed by atoms with van der Waals surface area (Å²) in [4.78, 5) is 4.48. The van der Waals surface area contributed by atoms with Crippen molar-refractivity contribution in [1.29, 1.82) is 0 Å². The molecule has 0 spiro atoms. The fourth-order valence-electron chi connectivity index (χ4n) is 1.94. The standard InChI is InChI=1S/C15H21FN6.HI/c1-3-17-15(18-9-12-5-7-13(16)8-6-12)19-10-14-21-20-11-22(14)4-2;/h5-8,11H,3-4,9-10H2,1-2H3,(H2,17,18,19);1H. The summed E-state index contributed by atoms with van der Waals surface area (Å²) in [6, 6.07) is 6.34. The number of nitrogens with zero attached hydrogens (tertiary/aromatic N) is 4. The molecule has 0 unspecified atom stereocenters. The molecule has 0 saturated carbocycles. The van der Waals surface area contributed by atoms with Crippen LogP contribution in [0.4, 0.5) is 4.39 Å². The number of aliphatic imine (C=N–C) groups is 1. The Morgan fingerprint density at radius 2 is 1.96 bits per heavy atom. The van der Waals surface area contributed by atoms with Gasteiger partial charge in [0.2, 0.25) is 0 Å². The fraction of sp³-hybridized carbons (Fsp3) is 0.400. The van der Waals surface area contributed by atoms with Gasteiger partial charge in [0, 0.05) is 13.1 Å². The minimum Gasteiger partial charge on any atom is -0.357 e. The number of rotatable bonds is 6. The van der Waals surface area contributed by atoms with Gasteiger partial charge in [-0.2, -0.15) is 0 Å². The number of hydrogen-bond acceptors (Lipinski definition) is 3. The highest BCUT2D eigenvalue weighted by Crippen LogP contribution is 2.04. The van der Waals surface area contributed by atoms with E-state index in [0.717, 1.165) is 24.5 Å². The maximum absolute atomic E-state index is 12.9. The van der Waals surface area contributed by atoms with Gasteiger partial charge < -0.3 is 15.2 Å². The highest BCUT2D eigenvalue weighted by atomic mass is 127. The third-order valence-corrected chi connectivity index (χ3v) is 3.13. The molecule has 0 aliphatic heterocycles. The topological polar surface area (TPSA) is 67.1 Å². The van der Waals surface area contributed by atoms with Crippen LogP contribution in [0.5, 0.6) is 0 Å². The molecule has 2 rings (SSSR count). The van der Waals surface area contributed by atoms with Crippen LogP contribution in [0, 0.1) is 5.82 Å². The maximum atomic E-state index is 12.9. The summed E-state index contributed by atoms with van der Waals surface area (Å²) in [5.74, 6) is 1.31. The first-order chi connectivity index (χ1) is 10.7. The molecule has 0 aliphatic carbocycles. The van der Waals surface area contributed by atoms with Crippen molar-refractivity contribution >= 4 is 29.9 Å². The lowest BCUT2D eigenvalue weighted by Gasteiger charge is -2.11. The fourth-order valence-corrected chi connectivity index (χ4v) is 1.94. The van der Waals surface area contributed by atoms with Gasteiger partial charge in [0.25, 0.3) is 0 Å². The van der Waals surface area contributed by atoms with E-state index in [0.29, 0.717) is 19.0 Å². The van der Waals surface area contributed by atoms with E-state index >= 15 is 0 Å². The summed E-state index contributed by atoms with van der Waals surface area (Å²) >= 11 is 0. The van der Waals surface area contributed by atoms with E-state index in [9.17, 15) is 4.39 Å². The minimum atomic E-state index is -0.239. The van der Waals surface area contributed by atoms with Gasteiger partial charge >= 0.3 is 0 Å². The van der Waals surface area contributed by atoms with Crippen molar-refractivity contribution in [2.75, 3.05) is 6.54 Å². The van der Waals surface area contributed by atoms with Crippen LogP contribution in [0.3, 0.4) is 0 Å². The third kappa shape index (κ3) is 6.12. The van der Waals surface area contributed by atoms with Crippen LogP contribution in [-0.4, -0.2) is 27.3 Å². The molecule has 126 valence electrons. The van der Waals surface area contributed by atoms with Gasteiger partial charge in [-0.25, -0.2) is 9.38 Å². The highest BCUT2D eigenvalue weighted by Gasteiger charge is 2.04. The molecule has 0 bridgehead atoms. The molecule has 23 heavy (non-hydrogen) atoms. The van der Waals surface area contributed by atoms with Gasteiger partial charge in [0.1, 0.15) is 12.1 Å². The predicted octanol–water partition coefficient (Wildman–Crippen LogP) is 2.31. The number of aryl methyl sites for hydroxylation is 1. The Kier molecular flexibility index (Phi) is 8.52. The average molecular weight is 432 g/mol. The Labute approximate surface area is 152 Å². The lowest BCUT2D eigenvalue weighted by Crippen LogP contribution is -2.37. The second-order valence-corrected chi connectivity index (χ2v) is 4.71. The van der Waals surface area contributed by atoms with Crippen molar-refractivity contribution in [3.05, 3.63) is 47.8 Å². The van der Waals surface area contributed by atoms with Gasteiger partial charge in [0.05, 0.1) is 13.1 Å². The normalized spacial score (nSPS) is 11.0. The van der Waals surface area contributed by atoms with E-state index in [-0.39, 0.29) is 29.8 Å². The second kappa shape index (κ2) is 10.1. The van der Waals surface area contributed by atoms with Crippen LogP contribution in [0.15, 0.2) is 35.6 Å². The average Bonchev–Trinajstić information content (AvgIpc) is 2.99. The van der Waals surface area contributed by atoms with Gasteiger partial charge in [-0.3, -0.25) is 0 Å². The molecule has 8 heteroatoms. The van der Waals surface area contributed by atoms with Crippen LogP contribution in [0.1, 0.15) is 25.2 Å². The Hall–Kier alpha value is -1.71. The number of benzene rings is 1. The molecule has 0 fully saturated rings. The van der Waals surface area contributed by atoms with E-state index in [4.69, 9.17) is 0 Å². The summed E-state index contributed by atoms with van der Waals surface area (Å²) in [5, 5.41) is 14.4. The first-order valence-electron chi connectivity index (χ1n) is 7.36. The van der Waals surface area contributed by atoms with Gasteiger partial charge in [-0.15, -0.1) is 34.2 Å². The van der Waals surface area contributed by atoms with Crippen molar-refractivity contribution in [2.24, 2.45) is 4.99 Å². The zero-order valence-electron chi connectivity index (χ0n) is 13.3. The zero-order chi connectivity index (χ0) is 15.8. The van der Waals surface area contributed by atoms with Crippen molar-refractivity contribution in [2.45, 2.75) is 33.5 Å². The first kappa shape index (κ1) is 19.3. The molecule has 0 amide bonds. The minimum absolute atomic E-state index is 0. The highest BCUT2D eigenvalue weighted by molar-refractivity contribution is 14.0. The SMILES string of the molecule is CCNC(=NCc1ccc(F)cc1)NCc1nncn1CC.I. The Balaban J connectivity index is 0.00000264. The number of hydrogen-bond donors (Lipinski definition) is 2. The van der Waals surface area contributed by atoms with E-state index in [2.05, 4.69) is 25.8 Å². The molecular weight excluding hydrogens is 410 g/mol. The predicted molar refractivity (Wildman–Crippen MR) is 99.2 cm³/mol. The third-order valence-electron chi connectivity index (χ3n) is 3.13. The second-order valence-electron chi connectivity index (χ2n) is 4.71. The van der Waals surface area contributed by atoms with Crippen LogP contribution < -0.4 is 10.6 Å². The number of guanidine groups is 1. The molecule has 1 aromatic heterocycles. The molecular formula is C15H22FIN6. The Bertz CT molecular complexity index is 611. The molecule has 1 heterocycles. The van der Waals surface area contributed by atoms with Gasteiger partial charge in [-0.1, -0.05) is 12.1 Å². The molecule has 2 aromatic rings. The smallest absolute Gasteiger partial charge is 0.191 e. The molecule has 1 aromatic carbocycles. The molecule has 0 atom stereocenters. The van der Waals surface area contributed by atoms with E-state index < -0.39 is 0 Å². The first-order valence-corrected chi connectivity index (χ1v) is 7.36. The summed E-state index contributed by atoms with van der Waals surface area (Å²) in [7, 11) is 0. The van der Waals surface area contributed by atoms with E-state index in [1.165, 1.54) is 12.1 Å². The van der Waals surface area contributed by atoms with Crippen molar-refractivity contribution in [3.8, 4) is 0 Å². The molecule has 2 N–H and O–H groups in total. The molecule has 6 nitrogen and oxygen atoms in total. The monoisotopic (exact) mass is 432 g/mol. The lowest BCUT2D eigenvalue weighted by atomic mass is 10.2. The number of halogens is 2. The van der Waals surface area contributed by atoms with Crippen LogP contribution in [0.2, 0.25) is 0 Å². The van der Waals surface area contributed by atoms with E-state index in [1.54, 1.807) is 18.5 Å². The summed E-state index contributed by atoms with van der Waals surface area (Å²) in [6.07, 6.45) is 1.71. The largest absolute Gasteiger partial charge is 0.357 e. The lowest BCUT2D eigenvalue weighted by molar-refractivity contribution is 0.627. The molecule has 0 aliphatic rings. The quantitative estimate of drug-likeness (QED) is 0.418. The van der Waals surface area contributed by atoms with Gasteiger partial charge in [-0.05, 0) is 31.5 Å². The van der Waals surface area contributed by atoms with Crippen LogP contribution >= 0.6 is 24.0 Å². The number of nitrogens with one attached hydrogen (secondary N) is 2. The molecule has 0 saturated heterocycles. The zero-order valence-corrected chi connectivity index (χ0v) is 15.6. The van der Waals surface area contributed by atoms with Crippen LogP contribution in [-0.2, 0) is 19.6 Å². The Morgan fingerprint density at radius 3 is 2.61 bits per heavy atom. The summed E-state index contributed by atoms with van der Waals surface area (Å²) in [6.45, 7) is 6.66. The maximum Gasteiger partial charge on any atom is 0.191 e. The Morgan fingerprint density at radius 1 is 1.22 bits per heavy atom. The summed E-state index contributed by atoms with van der Waals surface area (Å²) in [5.41, 5.74) is 0.954. The molecule has 0 radical (unpaired) electrons. The van der Waals surface area contributed by atoms with E-state index in [1.807, 2.05) is 18.4 Å². The van der Waals surface area contributed by atoms with Crippen LogP contribution in [0.25, 0.3) is 0 Å². The van der Waals surface area contributed by atoms with Crippen molar-refractivity contribution < 1.29 is 4.39 Å². The summed E-state index contributed by atoms with van der Waals surface area (Å²) < 4.78 is 14.8.